The molecule has 3 aromatic rings. The first-order chi connectivity index (χ1) is 12.5. The number of hydrogen-bond donors (Lipinski definition) is 1. The fourth-order valence-corrected chi connectivity index (χ4v) is 4.64. The molecule has 3 heterocycles. The van der Waals surface area contributed by atoms with Crippen molar-refractivity contribution < 1.29 is 9.53 Å². The number of nitrogens with one attached hydrogen (secondary N) is 1. The zero-order valence-electron chi connectivity index (χ0n) is 15.3. The first-order valence-corrected chi connectivity index (χ1v) is 9.40. The number of ether oxygens (including phenoxy) is 1. The molecule has 1 N–H and O–H groups in total. The summed E-state index contributed by atoms with van der Waals surface area (Å²) >= 11 is 1.45. The van der Waals surface area contributed by atoms with E-state index in [4.69, 9.17) is 4.74 Å². The van der Waals surface area contributed by atoms with E-state index in [-0.39, 0.29) is 12.1 Å². The maximum absolute atomic E-state index is 13.3. The quantitative estimate of drug-likeness (QED) is 0.742. The first kappa shape index (κ1) is 17.0. The number of aromatic nitrogens is 1. The number of carbonyl (C=O) groups excluding carboxylic acids is 1. The molecule has 0 fully saturated rings. The Morgan fingerprint density at radius 3 is 2.69 bits per heavy atom. The minimum absolute atomic E-state index is 0.0131. The van der Waals surface area contributed by atoms with Gasteiger partial charge in [0.1, 0.15) is 15.9 Å². The Hall–Kier alpha value is -2.44. The summed E-state index contributed by atoms with van der Waals surface area (Å²) in [6.07, 6.45) is -0.146. The summed E-state index contributed by atoms with van der Waals surface area (Å²) in [5, 5.41) is 4.52. The molecule has 0 radical (unpaired) electrons. The van der Waals surface area contributed by atoms with Crippen LogP contribution in [-0.4, -0.2) is 24.2 Å². The van der Waals surface area contributed by atoms with Crippen LogP contribution in [0.3, 0.4) is 0 Å². The predicted molar refractivity (Wildman–Crippen MR) is 106 cm³/mol. The van der Waals surface area contributed by atoms with Gasteiger partial charge in [-0.25, -0.2) is 4.98 Å². The second-order valence-electron chi connectivity index (χ2n) is 6.67. The van der Waals surface area contributed by atoms with E-state index < -0.39 is 0 Å². The molecule has 0 bridgehead atoms. The van der Waals surface area contributed by atoms with Gasteiger partial charge in [-0.05, 0) is 44.5 Å². The molecule has 4 rings (SSSR count). The molecule has 1 aliphatic rings. The molecular formula is C20H21N3O2S. The minimum atomic E-state index is -0.146. The van der Waals surface area contributed by atoms with Gasteiger partial charge in [-0.15, -0.1) is 11.3 Å². The third-order valence-electron chi connectivity index (χ3n) is 4.64. The van der Waals surface area contributed by atoms with Crippen molar-refractivity contribution in [1.82, 2.24) is 4.98 Å². The van der Waals surface area contributed by atoms with E-state index in [9.17, 15) is 4.79 Å². The lowest BCUT2D eigenvalue weighted by atomic mass is 10.1. The van der Waals surface area contributed by atoms with Crippen molar-refractivity contribution in [2.24, 2.45) is 0 Å². The third-order valence-corrected chi connectivity index (χ3v) is 5.71. The van der Waals surface area contributed by atoms with Crippen molar-refractivity contribution in [3.63, 3.8) is 0 Å². The normalized spacial score (nSPS) is 16.7. The molecule has 26 heavy (non-hydrogen) atoms. The largest absolute Gasteiger partial charge is 0.380 e. The summed E-state index contributed by atoms with van der Waals surface area (Å²) in [7, 11) is 1.68. The first-order valence-electron chi connectivity index (χ1n) is 8.58. The summed E-state index contributed by atoms with van der Waals surface area (Å²) in [6.45, 7) is 6.50. The highest BCUT2D eigenvalue weighted by molar-refractivity contribution is 7.21. The van der Waals surface area contributed by atoms with Gasteiger partial charge in [-0.1, -0.05) is 17.7 Å². The zero-order valence-corrected chi connectivity index (χ0v) is 16.1. The predicted octanol–water partition coefficient (Wildman–Crippen LogP) is 4.48. The number of fused-ring (bicyclic) bond motifs is 3. The van der Waals surface area contributed by atoms with E-state index in [2.05, 4.69) is 10.3 Å². The smallest absolute Gasteiger partial charge is 0.272 e. The highest BCUT2D eigenvalue weighted by atomic mass is 32.1. The van der Waals surface area contributed by atoms with Crippen LogP contribution in [0.1, 0.15) is 33.4 Å². The number of anilines is 2. The van der Waals surface area contributed by atoms with Crippen molar-refractivity contribution in [3.05, 3.63) is 52.0 Å². The van der Waals surface area contributed by atoms with Crippen LogP contribution in [0.25, 0.3) is 10.2 Å². The molecule has 0 saturated carbocycles. The van der Waals surface area contributed by atoms with Crippen molar-refractivity contribution in [3.8, 4) is 0 Å². The number of carbonyl (C=O) groups is 1. The highest BCUT2D eigenvalue weighted by Crippen LogP contribution is 2.42. The van der Waals surface area contributed by atoms with Crippen LogP contribution in [0.15, 0.2) is 30.3 Å². The molecule has 0 saturated heterocycles. The second kappa shape index (κ2) is 6.37. The van der Waals surface area contributed by atoms with Crippen LogP contribution in [0, 0.1) is 13.8 Å². The van der Waals surface area contributed by atoms with E-state index in [1.54, 1.807) is 12.0 Å². The lowest BCUT2D eigenvalue weighted by Crippen LogP contribution is -2.46. The van der Waals surface area contributed by atoms with Gasteiger partial charge in [0, 0.05) is 23.9 Å². The number of methoxy groups -OCH3 is 1. The van der Waals surface area contributed by atoms with Crippen molar-refractivity contribution in [2.45, 2.75) is 33.5 Å². The molecule has 2 aromatic heterocycles. The van der Waals surface area contributed by atoms with Crippen LogP contribution < -0.4 is 10.2 Å². The molecule has 1 atom stereocenters. The number of rotatable bonds is 3. The second-order valence-corrected chi connectivity index (χ2v) is 7.67. The van der Waals surface area contributed by atoms with Gasteiger partial charge in [0.05, 0.1) is 12.3 Å². The van der Waals surface area contributed by atoms with Crippen LogP contribution in [0.5, 0.6) is 0 Å². The molecule has 0 aliphatic carbocycles. The van der Waals surface area contributed by atoms with Gasteiger partial charge in [0.25, 0.3) is 5.91 Å². The fraction of sp³-hybridized carbons (Fsp3) is 0.300. The third kappa shape index (κ3) is 2.66. The van der Waals surface area contributed by atoms with Gasteiger partial charge in [-0.2, -0.15) is 0 Å². The Kier molecular flexibility index (Phi) is 4.17. The molecule has 6 heteroatoms. The summed E-state index contributed by atoms with van der Waals surface area (Å²) in [6, 6.07) is 10.1. The zero-order chi connectivity index (χ0) is 18.4. The maximum Gasteiger partial charge on any atom is 0.272 e. The van der Waals surface area contributed by atoms with Gasteiger partial charge in [0.15, 0.2) is 0 Å². The van der Waals surface area contributed by atoms with Gasteiger partial charge < -0.3 is 10.1 Å². The molecule has 1 amide bonds. The Labute approximate surface area is 156 Å². The number of hydrogen-bond acceptors (Lipinski definition) is 5. The number of amides is 1. The number of thiophene rings is 1. The van der Waals surface area contributed by atoms with Crippen LogP contribution in [0.2, 0.25) is 0 Å². The van der Waals surface area contributed by atoms with Crippen molar-refractivity contribution in [1.29, 1.82) is 0 Å². The minimum Gasteiger partial charge on any atom is -0.380 e. The van der Waals surface area contributed by atoms with E-state index >= 15 is 0 Å². The van der Waals surface area contributed by atoms with E-state index in [1.165, 1.54) is 16.9 Å². The number of benzene rings is 1. The molecular weight excluding hydrogens is 346 g/mol. The van der Waals surface area contributed by atoms with Crippen molar-refractivity contribution in [2.75, 3.05) is 17.3 Å². The fourth-order valence-electron chi connectivity index (χ4n) is 3.48. The van der Waals surface area contributed by atoms with Crippen LogP contribution in [0.4, 0.5) is 11.4 Å². The standard InChI is InChI=1S/C20H21N3O2S/c1-11-5-7-15(8-6-11)23-13(3)22-17-16-14(10-25-4)9-12(2)21-19(16)26-18(17)20(23)24/h5-9,13,22H,10H2,1-4H3. The number of aryl methyl sites for hydroxylation is 2. The Balaban J connectivity index is 1.86. The average molecular weight is 367 g/mol. The molecule has 1 aliphatic heterocycles. The lowest BCUT2D eigenvalue weighted by Gasteiger charge is -2.34. The van der Waals surface area contributed by atoms with E-state index in [0.717, 1.165) is 32.8 Å². The molecule has 0 spiro atoms. The topological polar surface area (TPSA) is 54.5 Å². The summed E-state index contributed by atoms with van der Waals surface area (Å²) in [5.74, 6) is 0.0131. The summed E-state index contributed by atoms with van der Waals surface area (Å²) in [5.41, 5.74) is 4.93. The maximum atomic E-state index is 13.3. The molecule has 1 unspecified atom stereocenters. The van der Waals surface area contributed by atoms with Gasteiger partial charge in [0.2, 0.25) is 0 Å². The molecule has 5 nitrogen and oxygen atoms in total. The number of pyridine rings is 1. The van der Waals surface area contributed by atoms with Crippen molar-refractivity contribution >= 4 is 38.8 Å². The monoisotopic (exact) mass is 367 g/mol. The highest BCUT2D eigenvalue weighted by Gasteiger charge is 2.34. The SMILES string of the molecule is COCc1cc(C)nc2sc3c(c12)NC(C)N(c1ccc(C)cc1)C3=O. The Morgan fingerprint density at radius 2 is 2.00 bits per heavy atom. The Bertz CT molecular complexity index is 994. The van der Waals surface area contributed by atoms with E-state index in [0.29, 0.717) is 11.5 Å². The Morgan fingerprint density at radius 1 is 1.27 bits per heavy atom. The van der Waals surface area contributed by atoms with Gasteiger partial charge >= 0.3 is 0 Å². The van der Waals surface area contributed by atoms with Crippen LogP contribution in [-0.2, 0) is 11.3 Å². The number of nitrogens with zero attached hydrogens (tertiary/aromatic N) is 2. The molecule has 134 valence electrons. The van der Waals surface area contributed by atoms with Crippen LogP contribution >= 0.6 is 11.3 Å². The van der Waals surface area contributed by atoms with Gasteiger partial charge in [-0.3, -0.25) is 9.69 Å². The summed E-state index contributed by atoms with van der Waals surface area (Å²) in [4.78, 5) is 21.3. The average Bonchev–Trinajstić information content (AvgIpc) is 2.95. The summed E-state index contributed by atoms with van der Waals surface area (Å²) < 4.78 is 5.36. The molecule has 1 aromatic carbocycles. The lowest BCUT2D eigenvalue weighted by molar-refractivity contribution is 0.0981. The van der Waals surface area contributed by atoms with E-state index in [1.807, 2.05) is 51.1 Å².